The van der Waals surface area contributed by atoms with Gasteiger partial charge in [0.25, 0.3) is 0 Å². The summed E-state index contributed by atoms with van der Waals surface area (Å²) in [7, 11) is 3.49. The van der Waals surface area contributed by atoms with Crippen molar-refractivity contribution < 1.29 is 9.53 Å². The molecule has 0 unspecified atom stereocenters. The molecule has 1 saturated carbocycles. The summed E-state index contributed by atoms with van der Waals surface area (Å²) >= 11 is 0. The molecule has 0 spiro atoms. The van der Waals surface area contributed by atoms with E-state index in [9.17, 15) is 4.79 Å². The number of carbonyl (C=O) groups is 1. The molecule has 5 nitrogen and oxygen atoms in total. The topological polar surface area (TPSA) is 53.9 Å². The third-order valence-electron chi connectivity index (χ3n) is 4.17. The van der Waals surface area contributed by atoms with Crippen LogP contribution in [0.2, 0.25) is 0 Å². The van der Waals surface area contributed by atoms with E-state index in [1.165, 1.54) is 32.8 Å². The molecule has 0 bridgehead atoms. The number of rotatable bonds is 6. The fraction of sp³-hybridized carbons (Fsp3) is 0.875. The van der Waals surface area contributed by atoms with Gasteiger partial charge in [-0.2, -0.15) is 0 Å². The van der Waals surface area contributed by atoms with Crippen LogP contribution in [0.25, 0.3) is 0 Å². The first-order valence-electron chi connectivity index (χ1n) is 8.13. The zero-order valence-electron chi connectivity index (χ0n) is 14.4. The van der Waals surface area contributed by atoms with Gasteiger partial charge in [-0.05, 0) is 31.6 Å². The minimum atomic E-state index is -0.210. The van der Waals surface area contributed by atoms with E-state index in [0.717, 1.165) is 30.9 Å². The Balaban J connectivity index is 0.00000441. The molecule has 0 aliphatic heterocycles. The van der Waals surface area contributed by atoms with Crippen molar-refractivity contribution in [2.45, 2.75) is 46.0 Å². The van der Waals surface area contributed by atoms with Crippen molar-refractivity contribution in [2.24, 2.45) is 16.8 Å². The normalized spacial score (nSPS) is 21.7. The maximum atomic E-state index is 11.1. The van der Waals surface area contributed by atoms with Crippen LogP contribution in [0.1, 0.15) is 46.0 Å². The molecular formula is C16H32IN3O2. The predicted octanol–water partition coefficient (Wildman–Crippen LogP) is 2.89. The van der Waals surface area contributed by atoms with Crippen LogP contribution in [0.3, 0.4) is 0 Å². The maximum absolute atomic E-state index is 11.1. The number of hydrogen-bond donors (Lipinski definition) is 1. The Morgan fingerprint density at radius 2 is 1.95 bits per heavy atom. The highest BCUT2D eigenvalue weighted by Gasteiger charge is 2.20. The maximum Gasteiger partial charge on any atom is 0.307 e. The number of methoxy groups -OCH3 is 1. The van der Waals surface area contributed by atoms with Crippen molar-refractivity contribution in [3.8, 4) is 0 Å². The van der Waals surface area contributed by atoms with Gasteiger partial charge in [-0.25, -0.2) is 0 Å². The molecule has 0 heterocycles. The van der Waals surface area contributed by atoms with Crippen molar-refractivity contribution in [2.75, 3.05) is 33.8 Å². The summed E-state index contributed by atoms with van der Waals surface area (Å²) in [6, 6.07) is 0. The predicted molar refractivity (Wildman–Crippen MR) is 102 cm³/mol. The summed E-state index contributed by atoms with van der Waals surface area (Å²) < 4.78 is 4.64. The van der Waals surface area contributed by atoms with Crippen molar-refractivity contribution >= 4 is 35.9 Å². The van der Waals surface area contributed by atoms with E-state index in [2.05, 4.69) is 40.8 Å². The number of aliphatic imine (C=N–C) groups is 1. The first-order chi connectivity index (χ1) is 10.1. The van der Waals surface area contributed by atoms with Crippen LogP contribution in [0.5, 0.6) is 0 Å². The second kappa shape index (κ2) is 12.0. The largest absolute Gasteiger partial charge is 0.469 e. The Bertz CT molecular complexity index is 342. The molecule has 0 amide bonds. The second-order valence-corrected chi connectivity index (χ2v) is 6.07. The highest BCUT2D eigenvalue weighted by molar-refractivity contribution is 14.0. The molecule has 1 aliphatic rings. The SMILES string of the molecule is CCNC(=NCCC(=O)OC)N(C)CC1CCC(C)CC1.I. The van der Waals surface area contributed by atoms with Crippen LogP contribution in [0.15, 0.2) is 4.99 Å². The van der Waals surface area contributed by atoms with Gasteiger partial charge in [-0.3, -0.25) is 9.79 Å². The van der Waals surface area contributed by atoms with Crippen LogP contribution in [0, 0.1) is 11.8 Å². The lowest BCUT2D eigenvalue weighted by Gasteiger charge is -2.31. The van der Waals surface area contributed by atoms with Gasteiger partial charge in [0.05, 0.1) is 20.1 Å². The number of guanidine groups is 1. The summed E-state index contributed by atoms with van der Waals surface area (Å²) in [5, 5.41) is 3.30. The van der Waals surface area contributed by atoms with Gasteiger partial charge in [0.2, 0.25) is 0 Å². The van der Waals surface area contributed by atoms with E-state index in [0.29, 0.717) is 13.0 Å². The van der Waals surface area contributed by atoms with Gasteiger partial charge in [0.1, 0.15) is 0 Å². The first-order valence-corrected chi connectivity index (χ1v) is 8.13. The molecule has 0 atom stereocenters. The number of ether oxygens (including phenoxy) is 1. The standard InChI is InChI=1S/C16H31N3O2.HI/c1-5-17-16(18-11-10-15(20)21-4)19(3)12-14-8-6-13(2)7-9-14;/h13-14H,5-12H2,1-4H3,(H,17,18);1H. The van der Waals surface area contributed by atoms with Crippen molar-refractivity contribution in [1.82, 2.24) is 10.2 Å². The number of carbonyl (C=O) groups excluding carboxylic acids is 1. The second-order valence-electron chi connectivity index (χ2n) is 6.07. The molecular weight excluding hydrogens is 393 g/mol. The van der Waals surface area contributed by atoms with E-state index < -0.39 is 0 Å². The fourth-order valence-corrected chi connectivity index (χ4v) is 2.81. The molecule has 6 heteroatoms. The highest BCUT2D eigenvalue weighted by Crippen LogP contribution is 2.28. The molecule has 0 aromatic carbocycles. The van der Waals surface area contributed by atoms with Gasteiger partial charge in [-0.15, -0.1) is 24.0 Å². The lowest BCUT2D eigenvalue weighted by Crippen LogP contribution is -2.42. The van der Waals surface area contributed by atoms with E-state index in [-0.39, 0.29) is 29.9 Å². The summed E-state index contributed by atoms with van der Waals surface area (Å²) in [4.78, 5) is 17.9. The Labute approximate surface area is 152 Å². The minimum Gasteiger partial charge on any atom is -0.469 e. The van der Waals surface area contributed by atoms with E-state index in [1.807, 2.05) is 0 Å². The average molecular weight is 425 g/mol. The summed E-state index contributed by atoms with van der Waals surface area (Å²) in [5.41, 5.74) is 0. The molecule has 1 aliphatic carbocycles. The Morgan fingerprint density at radius 1 is 1.32 bits per heavy atom. The van der Waals surface area contributed by atoms with Crippen LogP contribution < -0.4 is 5.32 Å². The summed E-state index contributed by atoms with van der Waals surface area (Å²) in [6.07, 6.45) is 5.64. The molecule has 0 saturated heterocycles. The van der Waals surface area contributed by atoms with Gasteiger partial charge in [-0.1, -0.05) is 19.8 Å². The van der Waals surface area contributed by atoms with Crippen LogP contribution in [-0.4, -0.2) is 50.6 Å². The average Bonchev–Trinajstić information content (AvgIpc) is 2.48. The van der Waals surface area contributed by atoms with E-state index in [4.69, 9.17) is 0 Å². The molecule has 130 valence electrons. The van der Waals surface area contributed by atoms with Gasteiger partial charge in [0.15, 0.2) is 5.96 Å². The Hall–Kier alpha value is -0.530. The Morgan fingerprint density at radius 3 is 2.50 bits per heavy atom. The monoisotopic (exact) mass is 425 g/mol. The van der Waals surface area contributed by atoms with Gasteiger partial charge in [0, 0.05) is 20.1 Å². The fourth-order valence-electron chi connectivity index (χ4n) is 2.81. The number of esters is 1. The van der Waals surface area contributed by atoms with E-state index >= 15 is 0 Å². The smallest absolute Gasteiger partial charge is 0.307 e. The third-order valence-corrected chi connectivity index (χ3v) is 4.17. The van der Waals surface area contributed by atoms with Crippen molar-refractivity contribution in [1.29, 1.82) is 0 Å². The van der Waals surface area contributed by atoms with E-state index in [1.54, 1.807) is 0 Å². The highest BCUT2D eigenvalue weighted by atomic mass is 127. The van der Waals surface area contributed by atoms with Crippen LogP contribution >= 0.6 is 24.0 Å². The van der Waals surface area contributed by atoms with Gasteiger partial charge >= 0.3 is 5.97 Å². The number of hydrogen-bond acceptors (Lipinski definition) is 3. The molecule has 1 fully saturated rings. The number of nitrogens with one attached hydrogen (secondary N) is 1. The minimum absolute atomic E-state index is 0. The first kappa shape index (κ1) is 21.5. The van der Waals surface area contributed by atoms with Gasteiger partial charge < -0.3 is 15.0 Å². The third kappa shape index (κ3) is 8.19. The Kier molecular flexibility index (Phi) is 11.7. The molecule has 1 N–H and O–H groups in total. The molecule has 0 aromatic heterocycles. The number of nitrogens with zero attached hydrogens (tertiary/aromatic N) is 2. The van der Waals surface area contributed by atoms with Crippen molar-refractivity contribution in [3.05, 3.63) is 0 Å². The zero-order valence-corrected chi connectivity index (χ0v) is 16.8. The number of halogens is 1. The molecule has 0 aromatic rings. The zero-order chi connectivity index (χ0) is 15.7. The van der Waals surface area contributed by atoms with Crippen molar-refractivity contribution in [3.63, 3.8) is 0 Å². The summed E-state index contributed by atoms with van der Waals surface area (Å²) in [6.45, 7) is 6.76. The summed E-state index contributed by atoms with van der Waals surface area (Å²) in [5.74, 6) is 2.32. The molecule has 1 rings (SSSR count). The lowest BCUT2D eigenvalue weighted by atomic mass is 9.83. The van der Waals surface area contributed by atoms with Crippen LogP contribution in [-0.2, 0) is 9.53 Å². The lowest BCUT2D eigenvalue weighted by molar-refractivity contribution is -0.140. The quantitative estimate of drug-likeness (QED) is 0.308. The van der Waals surface area contributed by atoms with Crippen LogP contribution in [0.4, 0.5) is 0 Å². The molecule has 0 radical (unpaired) electrons. The molecule has 22 heavy (non-hydrogen) atoms.